The van der Waals surface area contributed by atoms with Gasteiger partial charge in [-0.15, -0.1) is 0 Å². The third-order valence-corrected chi connectivity index (χ3v) is 24.3. The number of aliphatic hydroxyl groups is 3. The number of aromatic nitrogens is 8. The van der Waals surface area contributed by atoms with E-state index in [4.69, 9.17) is 28.4 Å². The summed E-state index contributed by atoms with van der Waals surface area (Å²) in [5, 5.41) is 31.9. The van der Waals surface area contributed by atoms with Crippen LogP contribution in [0.4, 0.5) is 0 Å². The highest BCUT2D eigenvalue weighted by Gasteiger charge is 2.36. The fourth-order valence-electron chi connectivity index (χ4n) is 16.0. The van der Waals surface area contributed by atoms with Gasteiger partial charge >= 0.3 is 0 Å². The SMILES string of the molecule is Cc1ccc(OCC(=O)CN(Cc2ccccc2)Cc2ccccc2)cc1.Cc1ccc(OCC(O)CN(Cc2cccnc2C)Cc2cccnc2C)cc1.Cc1ccc(OCC(O)CN(Cc2cnccc2C)Cc2cccnc2C)cc1.Cc1ccc(OCC(O)CN(Cc2cnccc2C)Cc2cnccc2C)cc1.Cc1ccc(OCC2CN(Cc3cccnc3)C(c3cnccc3C)O2)cc1. The van der Waals surface area contributed by atoms with Crippen molar-refractivity contribution in [3.63, 3.8) is 0 Å². The summed E-state index contributed by atoms with van der Waals surface area (Å²) in [4.78, 5) is 58.2. The summed E-state index contributed by atoms with van der Waals surface area (Å²) in [6.07, 6.45) is 22.0. The molecule has 9 heterocycles. The molecule has 5 unspecified atom stereocenters. The number of pyridine rings is 8. The normalized spacial score (nSPS) is 13.4. The molecule has 0 radical (unpaired) electrons. The summed E-state index contributed by atoms with van der Waals surface area (Å²) in [6, 6.07) is 84.2. The number of benzene rings is 7. The number of aryl methyl sites for hydroxylation is 12. The Morgan fingerprint density at radius 3 is 1.00 bits per heavy atom. The topological polar surface area (TPSA) is 252 Å². The lowest BCUT2D eigenvalue weighted by Gasteiger charge is -2.26. The predicted octanol–water partition coefficient (Wildman–Crippen LogP) is 20.2. The smallest absolute Gasteiger partial charge is 0.184 e. The Balaban J connectivity index is 0.000000159. The van der Waals surface area contributed by atoms with Crippen molar-refractivity contribution in [3.8, 4) is 28.7 Å². The molecule has 0 aliphatic carbocycles. The van der Waals surface area contributed by atoms with Crippen LogP contribution in [-0.2, 0) is 68.4 Å². The number of hydrogen-bond donors (Lipinski definition) is 3. The van der Waals surface area contributed by atoms with Crippen molar-refractivity contribution < 1.29 is 48.5 Å². The van der Waals surface area contributed by atoms with Gasteiger partial charge in [0.15, 0.2) is 5.78 Å². The Morgan fingerprint density at radius 2 is 0.655 bits per heavy atom. The van der Waals surface area contributed by atoms with Crippen LogP contribution in [0.3, 0.4) is 0 Å². The summed E-state index contributed by atoms with van der Waals surface area (Å²) in [5.41, 5.74) is 25.3. The first kappa shape index (κ1) is 107. The number of ether oxygens (including phenoxy) is 6. The van der Waals surface area contributed by atoms with Crippen molar-refractivity contribution >= 4 is 5.78 Å². The molecule has 142 heavy (non-hydrogen) atoms. The van der Waals surface area contributed by atoms with Crippen LogP contribution in [0, 0.1) is 83.1 Å². The first-order chi connectivity index (χ1) is 68.9. The first-order valence-electron chi connectivity index (χ1n) is 48.5. The molecule has 1 fully saturated rings. The van der Waals surface area contributed by atoms with Gasteiger partial charge in [0, 0.05) is 188 Å². The number of aliphatic hydroxyl groups excluding tert-OH is 3. The average molecular weight is 1910 g/mol. The molecule has 5 atom stereocenters. The van der Waals surface area contributed by atoms with Crippen LogP contribution in [0.1, 0.15) is 129 Å². The number of nitrogens with zero attached hydrogens (tertiary/aromatic N) is 13. The van der Waals surface area contributed by atoms with E-state index in [1.807, 2.05) is 280 Å². The summed E-state index contributed by atoms with van der Waals surface area (Å²) in [6.45, 7) is 35.0. The van der Waals surface area contributed by atoms with Crippen molar-refractivity contribution in [1.82, 2.24) is 64.4 Å². The second-order valence-corrected chi connectivity index (χ2v) is 36.5. The average Bonchev–Trinajstić information content (AvgIpc) is 1.66. The number of hydrogen-bond acceptors (Lipinski definition) is 23. The van der Waals surface area contributed by atoms with Gasteiger partial charge in [0.25, 0.3) is 0 Å². The van der Waals surface area contributed by atoms with Crippen molar-refractivity contribution in [2.24, 2.45) is 0 Å². The van der Waals surface area contributed by atoms with Crippen LogP contribution in [0.25, 0.3) is 0 Å². The third kappa shape index (κ3) is 37.2. The van der Waals surface area contributed by atoms with E-state index in [2.05, 4.69) is 160 Å². The number of Topliss-reactive ketones (excluding diaryl/α,β-unsaturated/α-hetero) is 1. The molecule has 0 amide bonds. The fraction of sp³-hybridized carbons (Fsp3) is 0.303. The van der Waals surface area contributed by atoms with Crippen LogP contribution >= 0.6 is 0 Å². The van der Waals surface area contributed by atoms with Crippen LogP contribution in [0.15, 0.2) is 335 Å². The van der Waals surface area contributed by atoms with E-state index in [-0.39, 0.29) is 44.5 Å². The van der Waals surface area contributed by atoms with Crippen LogP contribution < -0.4 is 23.7 Å². The lowest BCUT2D eigenvalue weighted by Crippen LogP contribution is -2.35. The second-order valence-electron chi connectivity index (χ2n) is 36.5. The largest absolute Gasteiger partial charge is 0.491 e. The van der Waals surface area contributed by atoms with E-state index >= 15 is 0 Å². The van der Waals surface area contributed by atoms with E-state index in [1.165, 1.54) is 61.2 Å². The van der Waals surface area contributed by atoms with Gasteiger partial charge in [-0.3, -0.25) is 69.2 Å². The highest BCUT2D eigenvalue weighted by Crippen LogP contribution is 2.34. The Kier molecular flexibility index (Phi) is 43.0. The van der Waals surface area contributed by atoms with Crippen molar-refractivity contribution in [2.45, 2.75) is 173 Å². The third-order valence-electron chi connectivity index (χ3n) is 24.3. The highest BCUT2D eigenvalue weighted by molar-refractivity contribution is 5.82. The Bertz CT molecular complexity index is 5680. The van der Waals surface area contributed by atoms with Gasteiger partial charge in [0.1, 0.15) is 92.4 Å². The van der Waals surface area contributed by atoms with E-state index in [1.54, 1.807) is 43.4 Å². The molecule has 23 heteroatoms. The Labute approximate surface area is 839 Å². The van der Waals surface area contributed by atoms with Crippen molar-refractivity contribution in [3.05, 3.63) is 458 Å². The summed E-state index contributed by atoms with van der Waals surface area (Å²) >= 11 is 0. The molecule has 8 aromatic heterocycles. The molecule has 23 nitrogen and oxygen atoms in total. The molecular weight excluding hydrogens is 1770 g/mol. The molecule has 0 saturated carbocycles. The molecule has 1 aliphatic heterocycles. The lowest BCUT2D eigenvalue weighted by molar-refractivity contribution is -0.122. The summed E-state index contributed by atoms with van der Waals surface area (Å²) in [5.74, 6) is 3.98. The first-order valence-corrected chi connectivity index (χ1v) is 48.5. The molecule has 1 saturated heterocycles. The van der Waals surface area contributed by atoms with Crippen molar-refractivity contribution in [1.29, 1.82) is 0 Å². The van der Waals surface area contributed by atoms with Crippen LogP contribution in [0.2, 0.25) is 0 Å². The van der Waals surface area contributed by atoms with E-state index in [0.717, 1.165) is 117 Å². The second kappa shape index (κ2) is 57.1. The van der Waals surface area contributed by atoms with Crippen LogP contribution in [-0.4, -0.2) is 176 Å². The minimum absolute atomic E-state index is 0.0115. The maximum absolute atomic E-state index is 12.5. The molecule has 16 rings (SSSR count). The number of rotatable bonds is 42. The maximum atomic E-state index is 12.5. The fourth-order valence-corrected chi connectivity index (χ4v) is 16.0. The summed E-state index contributed by atoms with van der Waals surface area (Å²) < 4.78 is 35.3. The predicted molar refractivity (Wildman–Crippen MR) is 561 cm³/mol. The minimum atomic E-state index is -0.606. The van der Waals surface area contributed by atoms with Crippen LogP contribution in [0.5, 0.6) is 28.7 Å². The number of ketones is 1. The molecule has 3 N–H and O–H groups in total. The molecule has 0 bridgehead atoms. The van der Waals surface area contributed by atoms with E-state index in [0.29, 0.717) is 72.1 Å². The molecule has 738 valence electrons. The standard InChI is InChI=1S/3C24H29N3O2.C24H25NO2.C23H25N3O2/c1-18-4-6-24(7-5-18)29-17-23(28)16-27(14-21-12-25-10-8-19(21)2)15-22-13-26-11-9-20(22)3;1-18-8-10-24(11-9-18)29-17-23(28)16-27(14-21-6-4-12-25-19(21)2)15-22-7-5-13-26-20(22)3;1-18-6-8-24(9-7-18)29-17-23(28)16-27(14-21-5-4-11-26-20(21)3)15-22-13-25-12-10-19(22)2;1-20-12-14-24(15-13-20)27-19-23(26)18-25(16-21-8-4-2-5-9-21)17-22-10-6-3-7-11-22;1-17-5-7-20(8-6-17)27-16-21-15-26(14-19-4-3-10-24-12-19)23(28-21)22-13-25-11-9-18(22)2/h3*4-13,23,28H,14-17H2,1-3H3;2-15H,16-19H2,1H3;3-13,21,23H,14-16H2,1-2H3. The molecule has 0 spiro atoms. The molecule has 7 aromatic carbocycles. The van der Waals surface area contributed by atoms with Gasteiger partial charge in [0.05, 0.1) is 6.54 Å². The van der Waals surface area contributed by atoms with Gasteiger partial charge in [-0.25, -0.2) is 0 Å². The van der Waals surface area contributed by atoms with Gasteiger partial charge < -0.3 is 43.7 Å². The maximum Gasteiger partial charge on any atom is 0.184 e. The zero-order valence-electron chi connectivity index (χ0n) is 84.1. The molecule has 15 aromatic rings. The summed E-state index contributed by atoms with van der Waals surface area (Å²) in [7, 11) is 0. The van der Waals surface area contributed by atoms with E-state index in [9.17, 15) is 20.1 Å². The number of carbonyl (C=O) groups is 1. The zero-order chi connectivity index (χ0) is 100. The van der Waals surface area contributed by atoms with Gasteiger partial charge in [-0.2, -0.15) is 0 Å². The molecule has 1 aliphatic rings. The van der Waals surface area contributed by atoms with Gasteiger partial charge in [0.2, 0.25) is 0 Å². The Hall–Kier alpha value is -14.0. The van der Waals surface area contributed by atoms with Gasteiger partial charge in [-0.05, 0) is 265 Å². The highest BCUT2D eigenvalue weighted by atomic mass is 16.6. The quantitative estimate of drug-likeness (QED) is 0.0321. The minimum Gasteiger partial charge on any atom is -0.491 e. The molecular formula is C119H137N13O10. The Morgan fingerprint density at radius 1 is 0.331 bits per heavy atom. The van der Waals surface area contributed by atoms with Gasteiger partial charge in [-0.1, -0.05) is 173 Å². The van der Waals surface area contributed by atoms with Crippen molar-refractivity contribution in [2.75, 3.05) is 65.8 Å². The number of carbonyl (C=O) groups excluding carboxylic acids is 1. The van der Waals surface area contributed by atoms with E-state index < -0.39 is 18.3 Å². The lowest BCUT2D eigenvalue weighted by atomic mass is 10.1. The monoisotopic (exact) mass is 1910 g/mol. The zero-order valence-corrected chi connectivity index (χ0v) is 84.1.